The number of halogens is 1. The van der Waals surface area contributed by atoms with Gasteiger partial charge in [0.1, 0.15) is 6.61 Å². The second-order valence-electron chi connectivity index (χ2n) is 7.75. The summed E-state index contributed by atoms with van der Waals surface area (Å²) in [6, 6.07) is 13.1. The van der Waals surface area contributed by atoms with Crippen molar-refractivity contribution < 1.29 is 9.47 Å². The number of benzene rings is 2. The van der Waals surface area contributed by atoms with Gasteiger partial charge in [0.2, 0.25) is 0 Å². The van der Waals surface area contributed by atoms with Crippen molar-refractivity contribution in [3.05, 3.63) is 57.6 Å². The molecule has 0 saturated heterocycles. The van der Waals surface area contributed by atoms with Crippen LogP contribution in [-0.4, -0.2) is 13.2 Å². The molecular formula is C24H32BrNO2. The Hall–Kier alpha value is -1.52. The topological polar surface area (TPSA) is 30.5 Å². The Bertz CT molecular complexity index is 737. The molecule has 0 amide bonds. The third-order valence-corrected chi connectivity index (χ3v) is 6.31. The van der Waals surface area contributed by atoms with E-state index in [2.05, 4.69) is 52.4 Å². The standard InChI is InChI=1S/C24H32BrNO2/c1-18-10-12-19(13-11-18)17-28-24-21(22(25)14-15-23(24)27-2)16-26-20-8-6-4-3-5-7-9-20/h10-15,20,26H,3-9,16-17H2,1-2H3. The van der Waals surface area contributed by atoms with Crippen molar-refractivity contribution in [2.24, 2.45) is 0 Å². The van der Waals surface area contributed by atoms with Crippen molar-refractivity contribution in [3.8, 4) is 11.5 Å². The molecule has 0 aromatic heterocycles. The van der Waals surface area contributed by atoms with Gasteiger partial charge < -0.3 is 14.8 Å². The highest BCUT2D eigenvalue weighted by Gasteiger charge is 2.17. The molecule has 1 fully saturated rings. The van der Waals surface area contributed by atoms with Gasteiger partial charge in [-0.25, -0.2) is 0 Å². The van der Waals surface area contributed by atoms with Crippen LogP contribution in [0.15, 0.2) is 40.9 Å². The van der Waals surface area contributed by atoms with Gasteiger partial charge in [0.05, 0.1) is 7.11 Å². The second-order valence-corrected chi connectivity index (χ2v) is 8.61. The van der Waals surface area contributed by atoms with Crippen molar-refractivity contribution in [3.63, 3.8) is 0 Å². The molecule has 1 saturated carbocycles. The van der Waals surface area contributed by atoms with E-state index in [1.165, 1.54) is 50.5 Å². The van der Waals surface area contributed by atoms with Gasteiger partial charge in [-0.1, -0.05) is 77.9 Å². The van der Waals surface area contributed by atoms with E-state index in [9.17, 15) is 0 Å². The molecule has 3 nitrogen and oxygen atoms in total. The van der Waals surface area contributed by atoms with Crippen LogP contribution in [0.4, 0.5) is 0 Å². The maximum absolute atomic E-state index is 6.26. The highest BCUT2D eigenvalue weighted by Crippen LogP contribution is 2.37. The number of ether oxygens (including phenoxy) is 2. The number of methoxy groups -OCH3 is 1. The van der Waals surface area contributed by atoms with Crippen LogP contribution in [0.5, 0.6) is 11.5 Å². The van der Waals surface area contributed by atoms with E-state index in [4.69, 9.17) is 9.47 Å². The first-order valence-electron chi connectivity index (χ1n) is 10.4. The lowest BCUT2D eigenvalue weighted by atomic mass is 9.96. The molecule has 1 N–H and O–H groups in total. The van der Waals surface area contributed by atoms with Crippen molar-refractivity contribution in [2.45, 2.75) is 71.1 Å². The summed E-state index contributed by atoms with van der Waals surface area (Å²) in [4.78, 5) is 0. The Balaban J connectivity index is 1.72. The van der Waals surface area contributed by atoms with Gasteiger partial charge in [-0.2, -0.15) is 0 Å². The van der Waals surface area contributed by atoms with Gasteiger partial charge in [-0.05, 0) is 37.5 Å². The van der Waals surface area contributed by atoms with Crippen molar-refractivity contribution in [2.75, 3.05) is 7.11 Å². The van der Waals surface area contributed by atoms with E-state index in [0.717, 1.165) is 33.6 Å². The fourth-order valence-electron chi connectivity index (χ4n) is 3.81. The molecule has 0 radical (unpaired) electrons. The van der Waals surface area contributed by atoms with Gasteiger partial charge in [-0.15, -0.1) is 0 Å². The molecule has 3 rings (SSSR count). The number of hydrogen-bond donors (Lipinski definition) is 1. The Morgan fingerprint density at radius 1 is 0.964 bits per heavy atom. The third-order valence-electron chi connectivity index (χ3n) is 5.56. The number of nitrogens with one attached hydrogen (secondary N) is 1. The third kappa shape index (κ3) is 5.99. The summed E-state index contributed by atoms with van der Waals surface area (Å²) in [7, 11) is 1.70. The monoisotopic (exact) mass is 445 g/mol. The van der Waals surface area contributed by atoms with E-state index < -0.39 is 0 Å². The molecule has 2 aromatic carbocycles. The molecule has 0 atom stereocenters. The molecule has 0 unspecified atom stereocenters. The minimum atomic E-state index is 0.531. The van der Waals surface area contributed by atoms with Gasteiger partial charge in [-0.3, -0.25) is 0 Å². The highest BCUT2D eigenvalue weighted by atomic mass is 79.9. The van der Waals surface area contributed by atoms with Crippen LogP contribution in [0, 0.1) is 6.92 Å². The molecule has 28 heavy (non-hydrogen) atoms. The minimum Gasteiger partial charge on any atom is -0.493 e. The van der Waals surface area contributed by atoms with E-state index in [-0.39, 0.29) is 0 Å². The van der Waals surface area contributed by atoms with Crippen LogP contribution < -0.4 is 14.8 Å². The lowest BCUT2D eigenvalue weighted by Crippen LogP contribution is -2.29. The zero-order valence-electron chi connectivity index (χ0n) is 17.1. The average molecular weight is 446 g/mol. The van der Waals surface area contributed by atoms with E-state index >= 15 is 0 Å². The first-order valence-corrected chi connectivity index (χ1v) is 11.2. The summed E-state index contributed by atoms with van der Waals surface area (Å²) in [5, 5.41) is 3.78. The van der Waals surface area contributed by atoms with Crippen LogP contribution in [0.1, 0.15) is 61.6 Å². The lowest BCUT2D eigenvalue weighted by Gasteiger charge is -2.23. The quantitative estimate of drug-likeness (QED) is 0.523. The maximum atomic E-state index is 6.26. The SMILES string of the molecule is COc1ccc(Br)c(CNC2CCCCCCC2)c1OCc1ccc(C)cc1. The Kier molecular flexibility index (Phi) is 8.23. The van der Waals surface area contributed by atoms with Crippen molar-refractivity contribution in [1.29, 1.82) is 0 Å². The van der Waals surface area contributed by atoms with Crippen molar-refractivity contribution in [1.82, 2.24) is 5.32 Å². The molecule has 152 valence electrons. The molecule has 0 spiro atoms. The summed E-state index contributed by atoms with van der Waals surface area (Å²) in [5.41, 5.74) is 3.55. The number of rotatable bonds is 7. The first-order chi connectivity index (χ1) is 13.7. The largest absolute Gasteiger partial charge is 0.493 e. The molecule has 0 heterocycles. The van der Waals surface area contributed by atoms with E-state index in [1.54, 1.807) is 7.11 Å². The molecular weight excluding hydrogens is 414 g/mol. The molecule has 4 heteroatoms. The minimum absolute atomic E-state index is 0.531. The number of hydrogen-bond acceptors (Lipinski definition) is 3. The predicted octanol–water partition coefficient (Wildman–Crippen LogP) is 6.55. The smallest absolute Gasteiger partial charge is 0.167 e. The van der Waals surface area contributed by atoms with Gasteiger partial charge in [0.15, 0.2) is 11.5 Å². The summed E-state index contributed by atoms with van der Waals surface area (Å²) >= 11 is 3.72. The highest BCUT2D eigenvalue weighted by molar-refractivity contribution is 9.10. The van der Waals surface area contributed by atoms with Crippen LogP contribution in [0.2, 0.25) is 0 Å². The molecule has 1 aliphatic rings. The second kappa shape index (κ2) is 10.9. The summed E-state index contributed by atoms with van der Waals surface area (Å²) in [6.07, 6.45) is 9.31. The fraction of sp³-hybridized carbons (Fsp3) is 0.500. The summed E-state index contributed by atoms with van der Waals surface area (Å²) in [6.45, 7) is 3.41. The van der Waals surface area contributed by atoms with Crippen LogP contribution in [0.3, 0.4) is 0 Å². The zero-order chi connectivity index (χ0) is 19.8. The average Bonchev–Trinajstić information content (AvgIpc) is 2.68. The molecule has 1 aliphatic carbocycles. The first kappa shape index (κ1) is 21.2. The molecule has 0 aliphatic heterocycles. The van der Waals surface area contributed by atoms with Crippen molar-refractivity contribution >= 4 is 15.9 Å². The summed E-state index contributed by atoms with van der Waals surface area (Å²) in [5.74, 6) is 1.61. The summed E-state index contributed by atoms with van der Waals surface area (Å²) < 4.78 is 12.9. The maximum Gasteiger partial charge on any atom is 0.167 e. The van der Waals surface area contributed by atoms with Crippen LogP contribution in [0.25, 0.3) is 0 Å². The molecule has 0 bridgehead atoms. The Morgan fingerprint density at radius 3 is 2.32 bits per heavy atom. The van der Waals surface area contributed by atoms with Gasteiger partial charge >= 0.3 is 0 Å². The van der Waals surface area contributed by atoms with Crippen LogP contribution >= 0.6 is 15.9 Å². The Labute approximate surface area is 178 Å². The van der Waals surface area contributed by atoms with Crippen LogP contribution in [-0.2, 0) is 13.2 Å². The van der Waals surface area contributed by atoms with E-state index in [1.807, 2.05) is 12.1 Å². The predicted molar refractivity (Wildman–Crippen MR) is 119 cm³/mol. The lowest BCUT2D eigenvalue weighted by molar-refractivity contribution is 0.279. The Morgan fingerprint density at radius 2 is 1.64 bits per heavy atom. The normalized spacial score (nSPS) is 15.7. The molecule has 2 aromatic rings. The zero-order valence-corrected chi connectivity index (χ0v) is 18.7. The van der Waals surface area contributed by atoms with E-state index in [0.29, 0.717) is 12.6 Å². The number of aryl methyl sites for hydroxylation is 1. The fourth-order valence-corrected chi connectivity index (χ4v) is 4.26. The van der Waals surface area contributed by atoms with Gasteiger partial charge in [0.25, 0.3) is 0 Å². The van der Waals surface area contributed by atoms with Gasteiger partial charge in [0, 0.05) is 22.6 Å².